The minimum Gasteiger partial charge on any atom is -0.462 e. The normalized spacial score (nSPS) is 10.6. The molecule has 1 heterocycles. The highest BCUT2D eigenvalue weighted by atomic mass is 16.5. The number of fused-ring (bicyclic) bond motifs is 1. The fraction of sp³-hybridized carbons (Fsp3) is 0.286. The molecular formula is C14H15NO3. The van der Waals surface area contributed by atoms with E-state index in [-0.39, 0.29) is 17.6 Å². The molecule has 2 rings (SSSR count). The number of carbonyl (C=O) groups is 1. The largest absolute Gasteiger partial charge is 0.462 e. The van der Waals surface area contributed by atoms with E-state index < -0.39 is 5.97 Å². The summed E-state index contributed by atoms with van der Waals surface area (Å²) in [6.45, 7) is 3.73. The number of para-hydroxylation sites is 1. The van der Waals surface area contributed by atoms with Crippen molar-refractivity contribution >= 4 is 16.9 Å². The number of hydrogen-bond acceptors (Lipinski definition) is 3. The minimum atomic E-state index is -0.554. The van der Waals surface area contributed by atoms with Gasteiger partial charge >= 0.3 is 5.97 Å². The smallest absolute Gasteiger partial charge is 0.343 e. The molecule has 0 aliphatic heterocycles. The van der Waals surface area contributed by atoms with Crippen LogP contribution < -0.4 is 5.43 Å². The van der Waals surface area contributed by atoms with E-state index >= 15 is 0 Å². The van der Waals surface area contributed by atoms with Crippen LogP contribution in [-0.2, 0) is 11.8 Å². The van der Waals surface area contributed by atoms with Gasteiger partial charge in [-0.05, 0) is 26.0 Å². The van der Waals surface area contributed by atoms with Gasteiger partial charge in [0.1, 0.15) is 5.56 Å². The number of ether oxygens (including phenoxy) is 1. The Morgan fingerprint density at radius 1 is 1.33 bits per heavy atom. The zero-order chi connectivity index (χ0) is 13.3. The first kappa shape index (κ1) is 12.4. The van der Waals surface area contributed by atoms with Crippen molar-refractivity contribution in [3.8, 4) is 0 Å². The van der Waals surface area contributed by atoms with Crippen molar-refractivity contribution in [3.05, 3.63) is 45.7 Å². The lowest BCUT2D eigenvalue weighted by atomic mass is 10.1. The van der Waals surface area contributed by atoms with Crippen LogP contribution in [0.4, 0.5) is 0 Å². The average Bonchev–Trinajstić information content (AvgIpc) is 2.37. The molecule has 0 atom stereocenters. The van der Waals surface area contributed by atoms with Gasteiger partial charge in [0.25, 0.3) is 0 Å². The summed E-state index contributed by atoms with van der Waals surface area (Å²) in [6, 6.07) is 7.23. The highest BCUT2D eigenvalue weighted by Gasteiger charge is 2.19. The van der Waals surface area contributed by atoms with E-state index in [1.807, 2.05) is 23.7 Å². The summed E-state index contributed by atoms with van der Waals surface area (Å²) in [7, 11) is 1.83. The molecule has 0 aliphatic rings. The van der Waals surface area contributed by atoms with Gasteiger partial charge in [-0.25, -0.2) is 4.79 Å². The van der Waals surface area contributed by atoms with Gasteiger partial charge in [-0.15, -0.1) is 0 Å². The Morgan fingerprint density at radius 3 is 2.67 bits per heavy atom. The van der Waals surface area contributed by atoms with Crippen molar-refractivity contribution in [2.45, 2.75) is 13.8 Å². The Bertz CT molecular complexity index is 671. The predicted molar refractivity (Wildman–Crippen MR) is 69.9 cm³/mol. The van der Waals surface area contributed by atoms with Gasteiger partial charge in [0.2, 0.25) is 5.43 Å². The van der Waals surface area contributed by atoms with Crippen LogP contribution in [0.3, 0.4) is 0 Å². The van der Waals surface area contributed by atoms with Gasteiger partial charge in [0, 0.05) is 18.1 Å². The number of pyridine rings is 1. The van der Waals surface area contributed by atoms with Crippen LogP contribution in [0.2, 0.25) is 0 Å². The summed E-state index contributed by atoms with van der Waals surface area (Å²) >= 11 is 0. The van der Waals surface area contributed by atoms with Gasteiger partial charge in [-0.2, -0.15) is 0 Å². The lowest BCUT2D eigenvalue weighted by molar-refractivity contribution is 0.0523. The van der Waals surface area contributed by atoms with Crippen LogP contribution in [0.15, 0.2) is 29.1 Å². The van der Waals surface area contributed by atoms with Crippen molar-refractivity contribution in [2.75, 3.05) is 6.61 Å². The van der Waals surface area contributed by atoms with Crippen LogP contribution in [0.1, 0.15) is 23.0 Å². The Morgan fingerprint density at radius 2 is 2.00 bits per heavy atom. The Hall–Kier alpha value is -2.10. The van der Waals surface area contributed by atoms with Crippen molar-refractivity contribution in [1.82, 2.24) is 4.57 Å². The molecule has 0 amide bonds. The van der Waals surface area contributed by atoms with E-state index in [0.29, 0.717) is 11.1 Å². The predicted octanol–water partition coefficient (Wildman–Crippen LogP) is 2.02. The molecule has 0 saturated carbocycles. The number of hydrogen-bond donors (Lipinski definition) is 0. The standard InChI is InChI=1S/C14H15NO3/c1-4-18-14(17)12-9(2)15(3)11-8-6-5-7-10(11)13(12)16/h5-8H,4H2,1-3H3. The highest BCUT2D eigenvalue weighted by molar-refractivity contribution is 5.95. The van der Waals surface area contributed by atoms with Gasteiger partial charge in [0.05, 0.1) is 12.1 Å². The summed E-state index contributed by atoms with van der Waals surface area (Å²) in [4.78, 5) is 24.2. The molecule has 0 saturated heterocycles. The van der Waals surface area contributed by atoms with Gasteiger partial charge in [-0.3, -0.25) is 4.79 Å². The molecule has 94 valence electrons. The van der Waals surface area contributed by atoms with E-state index in [0.717, 1.165) is 5.52 Å². The van der Waals surface area contributed by atoms with E-state index in [1.165, 1.54) is 0 Å². The van der Waals surface area contributed by atoms with Crippen LogP contribution >= 0.6 is 0 Å². The summed E-state index contributed by atoms with van der Waals surface area (Å²) < 4.78 is 6.78. The molecule has 4 nitrogen and oxygen atoms in total. The summed E-state index contributed by atoms with van der Waals surface area (Å²) in [6.07, 6.45) is 0. The molecule has 0 radical (unpaired) electrons. The molecule has 0 bridgehead atoms. The van der Waals surface area contributed by atoms with Gasteiger partial charge in [0.15, 0.2) is 0 Å². The summed E-state index contributed by atoms with van der Waals surface area (Å²) in [5.74, 6) is -0.554. The van der Waals surface area contributed by atoms with Gasteiger partial charge < -0.3 is 9.30 Å². The summed E-state index contributed by atoms with van der Waals surface area (Å²) in [5.41, 5.74) is 1.29. The molecule has 1 aromatic carbocycles. The number of esters is 1. The number of aromatic nitrogens is 1. The first-order valence-corrected chi connectivity index (χ1v) is 5.83. The zero-order valence-corrected chi connectivity index (χ0v) is 10.7. The van der Waals surface area contributed by atoms with Crippen LogP contribution in [0, 0.1) is 6.92 Å². The molecule has 0 spiro atoms. The lowest BCUT2D eigenvalue weighted by Gasteiger charge is -2.13. The van der Waals surface area contributed by atoms with Gasteiger partial charge in [-0.1, -0.05) is 12.1 Å². The maximum absolute atomic E-state index is 12.3. The molecule has 1 aromatic heterocycles. The quantitative estimate of drug-likeness (QED) is 0.760. The van der Waals surface area contributed by atoms with E-state index in [9.17, 15) is 9.59 Å². The first-order valence-electron chi connectivity index (χ1n) is 5.83. The third-order valence-corrected chi connectivity index (χ3v) is 3.08. The highest BCUT2D eigenvalue weighted by Crippen LogP contribution is 2.14. The Kier molecular flexibility index (Phi) is 3.19. The van der Waals surface area contributed by atoms with E-state index in [2.05, 4.69) is 0 Å². The topological polar surface area (TPSA) is 48.3 Å². The Balaban J connectivity index is 2.83. The SMILES string of the molecule is CCOC(=O)c1c(C)n(C)c2ccccc2c1=O. The fourth-order valence-corrected chi connectivity index (χ4v) is 2.05. The van der Waals surface area contributed by atoms with Crippen LogP contribution in [-0.4, -0.2) is 17.1 Å². The molecule has 0 unspecified atom stereocenters. The number of benzene rings is 1. The molecule has 0 N–H and O–H groups in total. The average molecular weight is 245 g/mol. The van der Waals surface area contributed by atoms with Crippen molar-refractivity contribution in [1.29, 1.82) is 0 Å². The second-order valence-corrected chi connectivity index (χ2v) is 4.09. The number of nitrogens with zero attached hydrogens (tertiary/aromatic N) is 1. The molecular weight excluding hydrogens is 230 g/mol. The van der Waals surface area contributed by atoms with Crippen LogP contribution in [0.25, 0.3) is 10.9 Å². The third kappa shape index (κ3) is 1.79. The van der Waals surface area contributed by atoms with Crippen molar-refractivity contribution in [3.63, 3.8) is 0 Å². The van der Waals surface area contributed by atoms with E-state index in [1.54, 1.807) is 26.0 Å². The van der Waals surface area contributed by atoms with E-state index in [4.69, 9.17) is 4.74 Å². The second-order valence-electron chi connectivity index (χ2n) is 4.09. The maximum atomic E-state index is 12.3. The molecule has 4 heteroatoms. The third-order valence-electron chi connectivity index (χ3n) is 3.08. The molecule has 0 fully saturated rings. The fourth-order valence-electron chi connectivity index (χ4n) is 2.05. The minimum absolute atomic E-state index is 0.123. The molecule has 18 heavy (non-hydrogen) atoms. The maximum Gasteiger partial charge on any atom is 0.343 e. The number of carbonyl (C=O) groups excluding carboxylic acids is 1. The molecule has 0 aliphatic carbocycles. The van der Waals surface area contributed by atoms with Crippen molar-refractivity contribution < 1.29 is 9.53 Å². The lowest BCUT2D eigenvalue weighted by Crippen LogP contribution is -2.23. The Labute approximate surface area is 105 Å². The summed E-state index contributed by atoms with van der Waals surface area (Å²) in [5, 5.41) is 0.536. The first-order chi connectivity index (χ1) is 8.57. The molecule has 2 aromatic rings. The zero-order valence-electron chi connectivity index (χ0n) is 10.7. The number of rotatable bonds is 2. The monoisotopic (exact) mass is 245 g/mol. The number of aryl methyl sites for hydroxylation is 1. The van der Waals surface area contributed by atoms with Crippen molar-refractivity contribution in [2.24, 2.45) is 7.05 Å². The second kappa shape index (κ2) is 4.64. The van der Waals surface area contributed by atoms with Crippen LogP contribution in [0.5, 0.6) is 0 Å².